The second-order valence-corrected chi connectivity index (χ2v) is 8.04. The van der Waals surface area contributed by atoms with Crippen molar-refractivity contribution in [1.82, 2.24) is 0 Å². The fraction of sp³-hybridized carbons (Fsp3) is 0.870. The summed E-state index contributed by atoms with van der Waals surface area (Å²) in [5.74, 6) is -0.103. The largest absolute Gasteiger partial charge is 0.465 e. The highest BCUT2D eigenvalue weighted by atomic mass is 16.5. The van der Waals surface area contributed by atoms with Gasteiger partial charge in [-0.05, 0) is 12.3 Å². The lowest BCUT2D eigenvalue weighted by Crippen LogP contribution is -2.37. The second-order valence-electron chi connectivity index (χ2n) is 8.04. The van der Waals surface area contributed by atoms with Gasteiger partial charge in [-0.2, -0.15) is 0 Å². The Hall–Kier alpha value is -1.92. The van der Waals surface area contributed by atoms with Gasteiger partial charge in [-0.15, -0.1) is 0 Å². The lowest BCUT2D eigenvalue weighted by molar-refractivity contribution is -0.146. The number of ether oxygens (including phenoxy) is 1. The number of hydrogen-bond acceptors (Lipinski definition) is 6. The van der Waals surface area contributed by atoms with Crippen LogP contribution < -0.4 is 17.2 Å². The van der Waals surface area contributed by atoms with E-state index in [0.717, 1.165) is 18.9 Å². The van der Waals surface area contributed by atoms with E-state index in [1.165, 1.54) is 77.0 Å². The average molecular weight is 445 g/mol. The van der Waals surface area contributed by atoms with Gasteiger partial charge in [0, 0.05) is 0 Å². The lowest BCUT2D eigenvalue weighted by Gasteiger charge is -2.14. The third-order valence-corrected chi connectivity index (χ3v) is 4.73. The first-order valence-electron chi connectivity index (χ1n) is 11.7. The Kier molecular flexibility index (Phi) is 30.5. The van der Waals surface area contributed by atoms with Crippen molar-refractivity contribution in [3.05, 3.63) is 0 Å². The number of urea groups is 1. The number of primary amides is 2. The van der Waals surface area contributed by atoms with Gasteiger partial charge >= 0.3 is 12.0 Å². The maximum Gasteiger partial charge on any atom is 0.323 e. The molecule has 31 heavy (non-hydrogen) atoms. The van der Waals surface area contributed by atoms with Gasteiger partial charge in [-0.3, -0.25) is 4.79 Å². The van der Waals surface area contributed by atoms with Gasteiger partial charge in [0.2, 0.25) is 6.08 Å². The van der Waals surface area contributed by atoms with Crippen LogP contribution in [-0.4, -0.2) is 30.7 Å². The van der Waals surface area contributed by atoms with Crippen LogP contribution in [0.25, 0.3) is 0 Å². The minimum absolute atomic E-state index is 0.147. The minimum Gasteiger partial charge on any atom is -0.465 e. The average Bonchev–Trinajstić information content (AvgIpc) is 2.70. The molecule has 0 fully saturated rings. The highest BCUT2D eigenvalue weighted by Crippen LogP contribution is 2.13. The van der Waals surface area contributed by atoms with Crippen LogP contribution in [0.15, 0.2) is 0 Å². The molecule has 0 aliphatic heterocycles. The SMILES string of the molecule is CCCCCCCCCCCCCCCCOC(=O)C(N)C(C)C.N=C=O.NC(N)=O. The highest BCUT2D eigenvalue weighted by Gasteiger charge is 2.18. The zero-order chi connectivity index (χ0) is 24.3. The first-order chi connectivity index (χ1) is 14.7. The molecule has 7 N–H and O–H groups in total. The summed E-state index contributed by atoms with van der Waals surface area (Å²) in [4.78, 5) is 28.9. The fourth-order valence-corrected chi connectivity index (χ4v) is 2.84. The molecule has 0 aromatic rings. The van der Waals surface area contributed by atoms with Crippen molar-refractivity contribution in [1.29, 1.82) is 5.41 Å². The van der Waals surface area contributed by atoms with Gasteiger partial charge in [-0.1, -0.05) is 104 Å². The molecule has 0 bridgehead atoms. The molecule has 0 saturated heterocycles. The smallest absolute Gasteiger partial charge is 0.323 e. The molecule has 0 aromatic carbocycles. The second kappa shape index (κ2) is 28.1. The van der Waals surface area contributed by atoms with E-state index in [4.69, 9.17) is 25.5 Å². The maximum atomic E-state index is 11.6. The van der Waals surface area contributed by atoms with E-state index in [2.05, 4.69) is 18.4 Å². The van der Waals surface area contributed by atoms with Crippen LogP contribution in [0.2, 0.25) is 0 Å². The molecule has 2 amide bonds. The third-order valence-electron chi connectivity index (χ3n) is 4.73. The minimum atomic E-state index is -0.833. The molecule has 184 valence electrons. The van der Waals surface area contributed by atoms with Crippen LogP contribution in [0.1, 0.15) is 111 Å². The van der Waals surface area contributed by atoms with E-state index < -0.39 is 12.1 Å². The molecule has 1 atom stereocenters. The summed E-state index contributed by atoms with van der Waals surface area (Å²) >= 11 is 0. The number of hydrogen-bond donors (Lipinski definition) is 4. The first-order valence-corrected chi connectivity index (χ1v) is 11.7. The van der Waals surface area contributed by atoms with Gasteiger partial charge in [0.1, 0.15) is 6.04 Å². The first kappa shape index (κ1) is 33.7. The number of esters is 1. The maximum absolute atomic E-state index is 11.6. The summed E-state index contributed by atoms with van der Waals surface area (Å²) in [5.41, 5.74) is 14.2. The third kappa shape index (κ3) is 35.9. The summed E-state index contributed by atoms with van der Waals surface area (Å²) in [6.07, 6.45) is 19.5. The lowest BCUT2D eigenvalue weighted by atomic mass is 10.0. The summed E-state index contributed by atoms with van der Waals surface area (Å²) < 4.78 is 5.21. The summed E-state index contributed by atoms with van der Waals surface area (Å²) in [5, 5.41) is 5.40. The van der Waals surface area contributed by atoms with E-state index in [9.17, 15) is 4.79 Å². The van der Waals surface area contributed by atoms with Crippen LogP contribution >= 0.6 is 0 Å². The van der Waals surface area contributed by atoms with Crippen LogP contribution in [0.5, 0.6) is 0 Å². The highest BCUT2D eigenvalue weighted by molar-refractivity contribution is 5.75. The van der Waals surface area contributed by atoms with E-state index >= 15 is 0 Å². The van der Waals surface area contributed by atoms with Gasteiger partial charge in [-0.25, -0.2) is 15.0 Å². The topological polar surface area (TPSA) is 162 Å². The number of carbonyl (C=O) groups excluding carboxylic acids is 3. The molecule has 0 spiro atoms. The van der Waals surface area contributed by atoms with Crippen molar-refractivity contribution in [2.75, 3.05) is 6.61 Å². The Bertz CT molecular complexity index is 435. The van der Waals surface area contributed by atoms with E-state index in [1.807, 2.05) is 13.8 Å². The van der Waals surface area contributed by atoms with Gasteiger partial charge in [0.25, 0.3) is 0 Å². The van der Waals surface area contributed by atoms with Crippen molar-refractivity contribution in [3.8, 4) is 0 Å². The standard InChI is InChI=1S/C21H43NO2.CH4N2O.CHNO/c1-4-5-6-7-8-9-10-11-12-13-14-15-16-17-18-24-21(23)20(22)19(2)3;2-1(3)4;2-1-3/h19-20H,4-18,22H2,1-3H3;(H4,2,3,4);2H. The summed E-state index contributed by atoms with van der Waals surface area (Å²) in [7, 11) is 0. The van der Waals surface area contributed by atoms with E-state index in [0.29, 0.717) is 6.61 Å². The zero-order valence-corrected chi connectivity index (χ0v) is 20.1. The fourth-order valence-electron chi connectivity index (χ4n) is 2.84. The molecule has 0 rings (SSSR count). The number of rotatable bonds is 17. The molecule has 1 unspecified atom stereocenters. The van der Waals surface area contributed by atoms with Crippen molar-refractivity contribution < 1.29 is 19.1 Å². The Morgan fingerprint density at radius 3 is 1.39 bits per heavy atom. The molecule has 0 heterocycles. The molecular weight excluding hydrogens is 396 g/mol. The molecule has 0 aromatic heterocycles. The quantitative estimate of drug-likeness (QED) is 0.108. The van der Waals surface area contributed by atoms with Gasteiger partial charge in [0.05, 0.1) is 6.61 Å². The Morgan fingerprint density at radius 2 is 1.10 bits per heavy atom. The van der Waals surface area contributed by atoms with Crippen LogP contribution in [0.3, 0.4) is 0 Å². The number of nitrogens with one attached hydrogen (secondary N) is 1. The van der Waals surface area contributed by atoms with Crippen molar-refractivity contribution in [3.63, 3.8) is 0 Å². The van der Waals surface area contributed by atoms with E-state index in [-0.39, 0.29) is 11.9 Å². The summed E-state index contributed by atoms with van der Waals surface area (Å²) in [6.45, 7) is 6.68. The van der Waals surface area contributed by atoms with Crippen molar-refractivity contribution in [2.45, 2.75) is 117 Å². The number of amides is 2. The molecule has 0 aliphatic carbocycles. The normalized spacial score (nSPS) is 10.7. The van der Waals surface area contributed by atoms with Crippen LogP contribution in [-0.2, 0) is 14.3 Å². The van der Waals surface area contributed by atoms with Crippen molar-refractivity contribution >= 4 is 18.1 Å². The number of isocyanates is 1. The summed E-state index contributed by atoms with van der Waals surface area (Å²) in [6, 6.07) is -1.31. The zero-order valence-electron chi connectivity index (χ0n) is 20.1. The molecule has 8 nitrogen and oxygen atoms in total. The number of carbonyl (C=O) groups is 2. The Morgan fingerprint density at radius 1 is 0.806 bits per heavy atom. The van der Waals surface area contributed by atoms with Crippen molar-refractivity contribution in [2.24, 2.45) is 23.1 Å². The molecule has 0 aliphatic rings. The van der Waals surface area contributed by atoms with Gasteiger partial charge < -0.3 is 21.9 Å². The predicted molar refractivity (Wildman–Crippen MR) is 126 cm³/mol. The van der Waals surface area contributed by atoms with Gasteiger partial charge in [0.15, 0.2) is 0 Å². The van der Waals surface area contributed by atoms with E-state index in [1.54, 1.807) is 0 Å². The molecule has 0 radical (unpaired) electrons. The Labute approximate surface area is 189 Å². The predicted octanol–water partition coefficient (Wildman–Crippen LogP) is 4.92. The number of unbranched alkanes of at least 4 members (excludes halogenated alkanes) is 13. The van der Waals surface area contributed by atoms with Crippen LogP contribution in [0.4, 0.5) is 4.79 Å². The molecular formula is C23H48N4O4. The monoisotopic (exact) mass is 444 g/mol. The molecule has 8 heteroatoms. The molecule has 0 saturated carbocycles. The Balaban J connectivity index is -0.000000971. The number of nitrogens with two attached hydrogens (primary N) is 3. The van der Waals surface area contributed by atoms with Crippen LogP contribution in [0, 0.1) is 11.3 Å².